The van der Waals surface area contributed by atoms with Crippen LogP contribution in [-0.4, -0.2) is 18.0 Å². The van der Waals surface area contributed by atoms with Gasteiger partial charge in [-0.05, 0) is 12.1 Å². The van der Waals surface area contributed by atoms with E-state index in [-0.39, 0.29) is 17.7 Å². The van der Waals surface area contributed by atoms with Crippen LogP contribution in [0.1, 0.15) is 12.0 Å². The molecule has 17 heavy (non-hydrogen) atoms. The van der Waals surface area contributed by atoms with E-state index in [4.69, 9.17) is 5.73 Å². The van der Waals surface area contributed by atoms with E-state index >= 15 is 0 Å². The van der Waals surface area contributed by atoms with Crippen LogP contribution >= 0.6 is 0 Å². The van der Waals surface area contributed by atoms with Gasteiger partial charge in [-0.1, -0.05) is 11.8 Å². The van der Waals surface area contributed by atoms with Gasteiger partial charge in [-0.25, -0.2) is 0 Å². The zero-order valence-electron chi connectivity index (χ0n) is 9.10. The minimum absolute atomic E-state index is 0.123. The number of carbonyl (C=O) groups excluding carboxylic acids is 1. The van der Waals surface area contributed by atoms with E-state index in [0.717, 1.165) is 0 Å². The number of benzene rings is 1. The molecule has 0 amide bonds. The van der Waals surface area contributed by atoms with Gasteiger partial charge < -0.3 is 10.5 Å². The van der Waals surface area contributed by atoms with Crippen LogP contribution in [-0.2, 0) is 9.53 Å². The van der Waals surface area contributed by atoms with Crippen LogP contribution in [0.3, 0.4) is 0 Å². The SMILES string of the molecule is COC(=O)CC#Cc1cc(N)ccc1[N+](=O)[O-]. The maximum Gasteiger partial charge on any atom is 0.317 e. The summed E-state index contributed by atoms with van der Waals surface area (Å²) in [5, 5.41) is 10.7. The molecular formula is C11H10N2O4. The number of carbonyl (C=O) groups is 1. The van der Waals surface area contributed by atoms with Crippen molar-refractivity contribution in [2.75, 3.05) is 12.8 Å². The third-order valence-corrected chi connectivity index (χ3v) is 1.90. The fourth-order valence-electron chi connectivity index (χ4n) is 1.10. The molecule has 0 aliphatic rings. The highest BCUT2D eigenvalue weighted by Gasteiger charge is 2.11. The van der Waals surface area contributed by atoms with Crippen LogP contribution in [0.5, 0.6) is 0 Å². The van der Waals surface area contributed by atoms with Gasteiger partial charge in [-0.2, -0.15) is 0 Å². The van der Waals surface area contributed by atoms with Crippen molar-refractivity contribution >= 4 is 17.3 Å². The molecule has 0 aliphatic heterocycles. The number of anilines is 1. The maximum atomic E-state index is 10.8. The van der Waals surface area contributed by atoms with Crippen molar-refractivity contribution in [2.24, 2.45) is 0 Å². The molecule has 1 rings (SSSR count). The highest BCUT2D eigenvalue weighted by Crippen LogP contribution is 2.19. The average Bonchev–Trinajstić information content (AvgIpc) is 2.28. The Morgan fingerprint density at radius 2 is 2.29 bits per heavy atom. The summed E-state index contributed by atoms with van der Waals surface area (Å²) in [7, 11) is 1.24. The third-order valence-electron chi connectivity index (χ3n) is 1.90. The van der Waals surface area contributed by atoms with Crippen LogP contribution in [0.2, 0.25) is 0 Å². The molecule has 0 unspecified atom stereocenters. The van der Waals surface area contributed by atoms with Gasteiger partial charge in [0, 0.05) is 11.8 Å². The lowest BCUT2D eigenvalue weighted by atomic mass is 10.1. The second-order valence-electron chi connectivity index (χ2n) is 3.09. The second kappa shape index (κ2) is 5.51. The van der Waals surface area contributed by atoms with Gasteiger partial charge in [-0.15, -0.1) is 0 Å². The Kier molecular flexibility index (Phi) is 4.06. The molecule has 0 heterocycles. The summed E-state index contributed by atoms with van der Waals surface area (Å²) in [5.74, 6) is 4.52. The molecule has 0 radical (unpaired) electrons. The maximum absolute atomic E-state index is 10.8. The van der Waals surface area contributed by atoms with Crippen LogP contribution < -0.4 is 5.73 Å². The lowest BCUT2D eigenvalue weighted by Crippen LogP contribution is -1.98. The summed E-state index contributed by atoms with van der Waals surface area (Å²) in [6.45, 7) is 0. The average molecular weight is 234 g/mol. The molecule has 2 N–H and O–H groups in total. The summed E-state index contributed by atoms with van der Waals surface area (Å²) in [5.41, 5.74) is 5.91. The van der Waals surface area contributed by atoms with Crippen molar-refractivity contribution in [3.05, 3.63) is 33.9 Å². The fraction of sp³-hybridized carbons (Fsp3) is 0.182. The first kappa shape index (κ1) is 12.5. The van der Waals surface area contributed by atoms with E-state index in [0.29, 0.717) is 5.69 Å². The molecular weight excluding hydrogens is 224 g/mol. The van der Waals surface area contributed by atoms with E-state index < -0.39 is 10.9 Å². The van der Waals surface area contributed by atoms with E-state index in [1.807, 2.05) is 0 Å². The molecule has 0 spiro atoms. The molecule has 0 fully saturated rings. The topological polar surface area (TPSA) is 95.5 Å². The van der Waals surface area contributed by atoms with Crippen LogP contribution in [0.25, 0.3) is 0 Å². The fourth-order valence-corrected chi connectivity index (χ4v) is 1.10. The minimum Gasteiger partial charge on any atom is -0.468 e. The first-order chi connectivity index (χ1) is 8.04. The number of nitrogens with two attached hydrogens (primary N) is 1. The van der Waals surface area contributed by atoms with Gasteiger partial charge in [0.1, 0.15) is 12.0 Å². The van der Waals surface area contributed by atoms with Gasteiger partial charge in [-0.3, -0.25) is 14.9 Å². The Hall–Kier alpha value is -2.55. The van der Waals surface area contributed by atoms with E-state index in [1.54, 1.807) is 0 Å². The predicted molar refractivity (Wildman–Crippen MR) is 61.0 cm³/mol. The summed E-state index contributed by atoms with van der Waals surface area (Å²) >= 11 is 0. The first-order valence-corrected chi connectivity index (χ1v) is 4.64. The zero-order chi connectivity index (χ0) is 12.8. The molecule has 0 aliphatic carbocycles. The number of rotatable bonds is 2. The van der Waals surface area contributed by atoms with Crippen LogP contribution in [0.4, 0.5) is 11.4 Å². The Morgan fingerprint density at radius 1 is 1.59 bits per heavy atom. The van der Waals surface area contributed by atoms with Crippen molar-refractivity contribution < 1.29 is 14.5 Å². The lowest BCUT2D eigenvalue weighted by Gasteiger charge is -1.97. The number of nitro groups is 1. The number of methoxy groups -OCH3 is 1. The molecule has 88 valence electrons. The van der Waals surface area contributed by atoms with E-state index in [9.17, 15) is 14.9 Å². The van der Waals surface area contributed by atoms with Crippen LogP contribution in [0.15, 0.2) is 18.2 Å². The van der Waals surface area contributed by atoms with Crippen molar-refractivity contribution in [3.63, 3.8) is 0 Å². The number of hydrogen-bond donors (Lipinski definition) is 1. The van der Waals surface area contributed by atoms with E-state index in [1.165, 1.54) is 25.3 Å². The number of ether oxygens (including phenoxy) is 1. The Balaban J connectivity index is 3.00. The van der Waals surface area contributed by atoms with Gasteiger partial charge in [0.15, 0.2) is 0 Å². The molecule has 0 saturated heterocycles. The third kappa shape index (κ3) is 3.50. The molecule has 6 heteroatoms. The molecule has 1 aromatic carbocycles. The summed E-state index contributed by atoms with van der Waals surface area (Å²) in [4.78, 5) is 20.9. The standard InChI is InChI=1S/C11H10N2O4/c1-17-11(14)4-2-3-8-7-9(12)5-6-10(8)13(15)16/h5-7H,4,12H2,1H3. The quantitative estimate of drug-likeness (QED) is 0.272. The normalized spacial score (nSPS) is 9.00. The number of hydrogen-bond acceptors (Lipinski definition) is 5. The van der Waals surface area contributed by atoms with Crippen molar-refractivity contribution in [1.29, 1.82) is 0 Å². The molecule has 0 atom stereocenters. The minimum atomic E-state index is -0.554. The summed E-state index contributed by atoms with van der Waals surface area (Å²) in [6, 6.07) is 4.09. The van der Waals surface area contributed by atoms with Crippen molar-refractivity contribution in [3.8, 4) is 11.8 Å². The molecule has 0 bridgehead atoms. The Bertz CT molecular complexity index is 514. The largest absolute Gasteiger partial charge is 0.468 e. The van der Waals surface area contributed by atoms with E-state index in [2.05, 4.69) is 16.6 Å². The van der Waals surface area contributed by atoms with Crippen molar-refractivity contribution in [2.45, 2.75) is 6.42 Å². The van der Waals surface area contributed by atoms with Gasteiger partial charge in [0.25, 0.3) is 5.69 Å². The Labute approximate surface area is 97.5 Å². The van der Waals surface area contributed by atoms with Crippen molar-refractivity contribution in [1.82, 2.24) is 0 Å². The monoisotopic (exact) mass is 234 g/mol. The second-order valence-corrected chi connectivity index (χ2v) is 3.09. The molecule has 0 aromatic heterocycles. The summed E-state index contributed by atoms with van der Waals surface area (Å²) in [6.07, 6.45) is -0.123. The van der Waals surface area contributed by atoms with Gasteiger partial charge in [0.2, 0.25) is 0 Å². The highest BCUT2D eigenvalue weighted by atomic mass is 16.6. The number of nitro benzene ring substituents is 1. The number of esters is 1. The highest BCUT2D eigenvalue weighted by molar-refractivity contribution is 5.72. The van der Waals surface area contributed by atoms with Gasteiger partial charge in [0.05, 0.1) is 12.0 Å². The molecule has 1 aromatic rings. The zero-order valence-corrected chi connectivity index (χ0v) is 9.10. The van der Waals surface area contributed by atoms with Crippen LogP contribution in [0, 0.1) is 22.0 Å². The smallest absolute Gasteiger partial charge is 0.317 e. The Morgan fingerprint density at radius 3 is 2.88 bits per heavy atom. The molecule has 0 saturated carbocycles. The number of nitrogen functional groups attached to an aromatic ring is 1. The summed E-state index contributed by atoms with van der Waals surface area (Å²) < 4.78 is 4.39. The lowest BCUT2D eigenvalue weighted by molar-refractivity contribution is -0.385. The predicted octanol–water partition coefficient (Wildman–Crippen LogP) is 1.09. The number of nitrogens with zero attached hydrogens (tertiary/aromatic N) is 1. The first-order valence-electron chi connectivity index (χ1n) is 4.64. The molecule has 6 nitrogen and oxygen atoms in total. The van der Waals surface area contributed by atoms with Gasteiger partial charge >= 0.3 is 5.97 Å².